The monoisotopic (exact) mass is 197 g/mol. The number of morpholine rings is 1. The van der Waals surface area contributed by atoms with E-state index in [-0.39, 0.29) is 0 Å². The Labute approximate surface area is 85.9 Å². The zero-order valence-corrected chi connectivity index (χ0v) is 9.07. The van der Waals surface area contributed by atoms with Crippen LogP contribution < -0.4 is 0 Å². The molecule has 80 valence electrons. The third kappa shape index (κ3) is 3.38. The standard InChI is InChI=1S/C10H19N3O/c1-4-12(3)9-11-10(2)13-5-7-14-8-6-13/h9H,2,4-8H2,1,3H3/b11-9-. The fourth-order valence-electron chi connectivity index (χ4n) is 1.15. The molecule has 1 rings (SSSR count). The van der Waals surface area contributed by atoms with Gasteiger partial charge in [-0.05, 0) is 6.92 Å². The van der Waals surface area contributed by atoms with Crippen molar-refractivity contribution in [2.75, 3.05) is 39.9 Å². The molecule has 14 heavy (non-hydrogen) atoms. The summed E-state index contributed by atoms with van der Waals surface area (Å²) in [6.45, 7) is 10.3. The number of aliphatic imine (C=N–C) groups is 1. The van der Waals surface area contributed by atoms with Gasteiger partial charge in [-0.15, -0.1) is 0 Å². The maximum Gasteiger partial charge on any atom is 0.123 e. The van der Waals surface area contributed by atoms with E-state index in [1.54, 1.807) is 0 Å². The summed E-state index contributed by atoms with van der Waals surface area (Å²) < 4.78 is 5.25. The normalized spacial score (nSPS) is 17.4. The molecule has 4 nitrogen and oxygen atoms in total. The van der Waals surface area contributed by atoms with Crippen molar-refractivity contribution in [2.45, 2.75) is 6.92 Å². The van der Waals surface area contributed by atoms with E-state index in [9.17, 15) is 0 Å². The van der Waals surface area contributed by atoms with Gasteiger partial charge < -0.3 is 14.5 Å². The first-order valence-electron chi connectivity index (χ1n) is 5.00. The van der Waals surface area contributed by atoms with Crippen LogP contribution in [0.2, 0.25) is 0 Å². The van der Waals surface area contributed by atoms with E-state index in [1.807, 2.05) is 18.3 Å². The molecule has 0 aromatic rings. The van der Waals surface area contributed by atoms with Crippen molar-refractivity contribution in [3.8, 4) is 0 Å². The molecule has 1 saturated heterocycles. The molecule has 0 atom stereocenters. The van der Waals surface area contributed by atoms with Gasteiger partial charge in [-0.3, -0.25) is 0 Å². The third-order valence-electron chi connectivity index (χ3n) is 2.28. The van der Waals surface area contributed by atoms with Crippen LogP contribution in [-0.4, -0.2) is 56.0 Å². The Bertz CT molecular complexity index is 209. The maximum absolute atomic E-state index is 5.25. The summed E-state index contributed by atoms with van der Waals surface area (Å²) in [5.74, 6) is 0.827. The molecule has 0 unspecified atom stereocenters. The Hall–Kier alpha value is -1.03. The molecule has 4 heteroatoms. The quantitative estimate of drug-likeness (QED) is 0.492. The summed E-state index contributed by atoms with van der Waals surface area (Å²) >= 11 is 0. The SMILES string of the molecule is C=C(/N=C\N(C)CC)N1CCOCC1. The number of nitrogens with zero attached hydrogens (tertiary/aromatic N) is 3. The molecular weight excluding hydrogens is 178 g/mol. The minimum absolute atomic E-state index is 0.776. The Kier molecular flexibility index (Phi) is 4.46. The van der Waals surface area contributed by atoms with Gasteiger partial charge in [-0.1, -0.05) is 6.58 Å². The Morgan fingerprint density at radius 2 is 2.21 bits per heavy atom. The van der Waals surface area contributed by atoms with Crippen LogP contribution in [0, 0.1) is 0 Å². The van der Waals surface area contributed by atoms with E-state index in [0.29, 0.717) is 0 Å². The van der Waals surface area contributed by atoms with Gasteiger partial charge in [0, 0.05) is 26.7 Å². The smallest absolute Gasteiger partial charge is 0.123 e. The Morgan fingerprint density at radius 3 is 2.79 bits per heavy atom. The van der Waals surface area contributed by atoms with E-state index in [0.717, 1.165) is 38.7 Å². The fourth-order valence-corrected chi connectivity index (χ4v) is 1.15. The molecule has 1 aliphatic rings. The summed E-state index contributed by atoms with van der Waals surface area (Å²) in [7, 11) is 2.00. The zero-order valence-electron chi connectivity index (χ0n) is 9.07. The number of ether oxygens (including phenoxy) is 1. The van der Waals surface area contributed by atoms with Gasteiger partial charge in [-0.25, -0.2) is 4.99 Å². The van der Waals surface area contributed by atoms with Gasteiger partial charge in [0.15, 0.2) is 0 Å². The highest BCUT2D eigenvalue weighted by Gasteiger charge is 2.10. The van der Waals surface area contributed by atoms with Crippen LogP contribution in [-0.2, 0) is 4.74 Å². The molecule has 0 aliphatic carbocycles. The topological polar surface area (TPSA) is 28.1 Å². The lowest BCUT2D eigenvalue weighted by Gasteiger charge is -2.28. The summed E-state index contributed by atoms with van der Waals surface area (Å²) in [4.78, 5) is 8.46. The number of hydrogen-bond acceptors (Lipinski definition) is 3. The van der Waals surface area contributed by atoms with Gasteiger partial charge in [0.05, 0.1) is 19.6 Å². The van der Waals surface area contributed by atoms with Crippen LogP contribution in [0.15, 0.2) is 17.4 Å². The number of rotatable bonds is 4. The van der Waals surface area contributed by atoms with Crippen LogP contribution in [0.1, 0.15) is 6.92 Å². The average Bonchev–Trinajstić information content (AvgIpc) is 2.26. The molecule has 0 aromatic carbocycles. The lowest BCUT2D eigenvalue weighted by atomic mass is 10.4. The second-order valence-electron chi connectivity index (χ2n) is 3.33. The molecule has 0 spiro atoms. The minimum Gasteiger partial charge on any atom is -0.378 e. The van der Waals surface area contributed by atoms with E-state index >= 15 is 0 Å². The molecule has 0 saturated carbocycles. The van der Waals surface area contributed by atoms with E-state index in [4.69, 9.17) is 4.74 Å². The van der Waals surface area contributed by atoms with Gasteiger partial charge >= 0.3 is 0 Å². The lowest BCUT2D eigenvalue weighted by Crippen LogP contribution is -2.35. The highest BCUT2D eigenvalue weighted by Crippen LogP contribution is 2.05. The fraction of sp³-hybridized carbons (Fsp3) is 0.700. The summed E-state index contributed by atoms with van der Waals surface area (Å²) in [6.07, 6.45) is 1.82. The van der Waals surface area contributed by atoms with Crippen LogP contribution in [0.25, 0.3) is 0 Å². The molecule has 0 bridgehead atoms. The van der Waals surface area contributed by atoms with Crippen molar-refractivity contribution in [1.29, 1.82) is 0 Å². The highest BCUT2D eigenvalue weighted by atomic mass is 16.5. The highest BCUT2D eigenvalue weighted by molar-refractivity contribution is 5.55. The molecule has 0 N–H and O–H groups in total. The molecule has 1 aliphatic heterocycles. The first kappa shape index (κ1) is 11.0. The van der Waals surface area contributed by atoms with Gasteiger partial charge in [0.25, 0.3) is 0 Å². The van der Waals surface area contributed by atoms with Gasteiger partial charge in [0.2, 0.25) is 0 Å². The van der Waals surface area contributed by atoms with Crippen molar-refractivity contribution in [1.82, 2.24) is 9.80 Å². The van der Waals surface area contributed by atoms with Crippen molar-refractivity contribution >= 4 is 6.34 Å². The summed E-state index contributed by atoms with van der Waals surface area (Å²) in [6, 6.07) is 0. The molecule has 0 aromatic heterocycles. The minimum atomic E-state index is 0.776. The van der Waals surface area contributed by atoms with Crippen molar-refractivity contribution in [3.05, 3.63) is 12.4 Å². The van der Waals surface area contributed by atoms with Crippen LogP contribution in [0.4, 0.5) is 0 Å². The van der Waals surface area contributed by atoms with Crippen molar-refractivity contribution in [2.24, 2.45) is 4.99 Å². The predicted molar refractivity (Wildman–Crippen MR) is 58.3 cm³/mol. The van der Waals surface area contributed by atoms with E-state index in [1.165, 1.54) is 0 Å². The first-order valence-corrected chi connectivity index (χ1v) is 5.00. The van der Waals surface area contributed by atoms with Gasteiger partial charge in [-0.2, -0.15) is 0 Å². The van der Waals surface area contributed by atoms with Crippen LogP contribution in [0.5, 0.6) is 0 Å². The number of hydrogen-bond donors (Lipinski definition) is 0. The van der Waals surface area contributed by atoms with E-state index < -0.39 is 0 Å². The van der Waals surface area contributed by atoms with Crippen LogP contribution >= 0.6 is 0 Å². The van der Waals surface area contributed by atoms with Crippen molar-refractivity contribution < 1.29 is 4.74 Å². The average molecular weight is 197 g/mol. The molecular formula is C10H19N3O. The molecule has 0 radical (unpaired) electrons. The second kappa shape index (κ2) is 5.65. The molecule has 0 amide bonds. The zero-order chi connectivity index (χ0) is 10.4. The summed E-state index contributed by atoms with van der Waals surface area (Å²) in [5.41, 5.74) is 0. The van der Waals surface area contributed by atoms with Crippen molar-refractivity contribution in [3.63, 3.8) is 0 Å². The Morgan fingerprint density at radius 1 is 1.57 bits per heavy atom. The third-order valence-corrected chi connectivity index (χ3v) is 2.28. The largest absolute Gasteiger partial charge is 0.378 e. The van der Waals surface area contributed by atoms with Crippen LogP contribution in [0.3, 0.4) is 0 Å². The predicted octanol–water partition coefficient (Wildman–Crippen LogP) is 0.770. The lowest BCUT2D eigenvalue weighted by molar-refractivity contribution is 0.0534. The molecule has 1 heterocycles. The molecule has 1 fully saturated rings. The maximum atomic E-state index is 5.25. The van der Waals surface area contributed by atoms with E-state index in [2.05, 4.69) is 23.4 Å². The first-order chi connectivity index (χ1) is 6.74. The summed E-state index contributed by atoms with van der Waals surface area (Å²) in [5, 5.41) is 0. The van der Waals surface area contributed by atoms with Gasteiger partial charge in [0.1, 0.15) is 5.82 Å². The second-order valence-corrected chi connectivity index (χ2v) is 3.33. The Balaban J connectivity index is 2.36.